The molecule has 1 aromatic heterocycles. The highest BCUT2D eigenvalue weighted by atomic mass is 32.2. The van der Waals surface area contributed by atoms with Gasteiger partial charge in [0.2, 0.25) is 0 Å². The van der Waals surface area contributed by atoms with Gasteiger partial charge in [-0.2, -0.15) is 0 Å². The van der Waals surface area contributed by atoms with Crippen LogP contribution >= 0.6 is 23.1 Å². The standard InChI is InChI=1S/C26H27NO3S2/c1-3-30-26(29)23-21-6-4-5-7-22(21)32-25(23)27-24(28)19-12-10-18(11-13-19)16-31-20-14-8-17(2)9-15-20/h8-15H,3-7,16H2,1-2H3,(H,27,28). The van der Waals surface area contributed by atoms with E-state index in [1.54, 1.807) is 18.7 Å². The van der Waals surface area contributed by atoms with Gasteiger partial charge < -0.3 is 10.1 Å². The summed E-state index contributed by atoms with van der Waals surface area (Å²) in [7, 11) is 0. The lowest BCUT2D eigenvalue weighted by Crippen LogP contribution is -2.15. The zero-order valence-electron chi connectivity index (χ0n) is 18.4. The molecule has 1 amide bonds. The number of hydrogen-bond donors (Lipinski definition) is 1. The number of thioether (sulfide) groups is 1. The molecule has 0 atom stereocenters. The SMILES string of the molecule is CCOC(=O)c1c(NC(=O)c2ccc(CSc3ccc(C)cc3)cc2)sc2c1CCCC2. The van der Waals surface area contributed by atoms with Crippen molar-refractivity contribution in [3.8, 4) is 0 Å². The number of esters is 1. The second-order valence-electron chi connectivity index (χ2n) is 7.89. The Morgan fingerprint density at radius 3 is 2.47 bits per heavy atom. The Morgan fingerprint density at radius 1 is 1.03 bits per heavy atom. The Labute approximate surface area is 197 Å². The first-order valence-corrected chi connectivity index (χ1v) is 12.8. The third-order valence-corrected chi connectivity index (χ3v) is 7.81. The van der Waals surface area contributed by atoms with E-state index in [0.717, 1.165) is 42.6 Å². The zero-order chi connectivity index (χ0) is 22.5. The number of nitrogens with one attached hydrogen (secondary N) is 1. The molecule has 1 N–H and O–H groups in total. The normalized spacial score (nSPS) is 12.8. The maximum Gasteiger partial charge on any atom is 0.341 e. The summed E-state index contributed by atoms with van der Waals surface area (Å²) in [6.07, 6.45) is 4.00. The maximum absolute atomic E-state index is 12.9. The molecular formula is C26H27NO3S2. The fourth-order valence-corrected chi connectivity index (χ4v) is 5.93. The molecule has 4 nitrogen and oxygen atoms in total. The van der Waals surface area contributed by atoms with E-state index in [1.165, 1.54) is 26.7 Å². The monoisotopic (exact) mass is 465 g/mol. The highest BCUT2D eigenvalue weighted by Crippen LogP contribution is 2.38. The Morgan fingerprint density at radius 2 is 1.75 bits per heavy atom. The summed E-state index contributed by atoms with van der Waals surface area (Å²) in [6, 6.07) is 16.2. The van der Waals surface area contributed by atoms with Crippen molar-refractivity contribution < 1.29 is 14.3 Å². The van der Waals surface area contributed by atoms with Crippen LogP contribution in [0.4, 0.5) is 5.00 Å². The van der Waals surface area contributed by atoms with Crippen molar-refractivity contribution in [3.05, 3.63) is 81.2 Å². The molecule has 32 heavy (non-hydrogen) atoms. The van der Waals surface area contributed by atoms with Gasteiger partial charge in [-0.3, -0.25) is 4.79 Å². The zero-order valence-corrected chi connectivity index (χ0v) is 20.0. The van der Waals surface area contributed by atoms with E-state index in [-0.39, 0.29) is 11.9 Å². The number of fused-ring (bicyclic) bond motifs is 1. The van der Waals surface area contributed by atoms with Crippen LogP contribution < -0.4 is 5.32 Å². The lowest BCUT2D eigenvalue weighted by Gasteiger charge is -2.12. The minimum absolute atomic E-state index is 0.202. The molecule has 1 heterocycles. The number of benzene rings is 2. The van der Waals surface area contributed by atoms with Crippen molar-refractivity contribution in [2.45, 2.75) is 50.2 Å². The molecule has 0 saturated heterocycles. The third-order valence-electron chi connectivity index (χ3n) is 5.52. The number of hydrogen-bond acceptors (Lipinski definition) is 5. The van der Waals surface area contributed by atoms with E-state index < -0.39 is 0 Å². The van der Waals surface area contributed by atoms with Crippen molar-refractivity contribution in [2.24, 2.45) is 0 Å². The van der Waals surface area contributed by atoms with Gasteiger partial charge in [-0.1, -0.05) is 29.8 Å². The van der Waals surface area contributed by atoms with Gasteiger partial charge in [-0.15, -0.1) is 23.1 Å². The van der Waals surface area contributed by atoms with Crippen molar-refractivity contribution >= 4 is 40.0 Å². The minimum atomic E-state index is -0.342. The van der Waals surface area contributed by atoms with Crippen LogP contribution in [0.3, 0.4) is 0 Å². The van der Waals surface area contributed by atoms with Gasteiger partial charge in [-0.05, 0) is 74.9 Å². The molecule has 0 radical (unpaired) electrons. The van der Waals surface area contributed by atoms with Crippen LogP contribution in [-0.2, 0) is 23.3 Å². The highest BCUT2D eigenvalue weighted by molar-refractivity contribution is 7.98. The summed E-state index contributed by atoms with van der Waals surface area (Å²) in [5.74, 6) is 0.299. The number of ether oxygens (including phenoxy) is 1. The van der Waals surface area contributed by atoms with Gasteiger partial charge in [0.1, 0.15) is 5.00 Å². The van der Waals surface area contributed by atoms with Crippen molar-refractivity contribution in [2.75, 3.05) is 11.9 Å². The topological polar surface area (TPSA) is 55.4 Å². The van der Waals surface area contributed by atoms with Crippen molar-refractivity contribution in [1.29, 1.82) is 0 Å². The van der Waals surface area contributed by atoms with Crippen molar-refractivity contribution in [1.82, 2.24) is 0 Å². The summed E-state index contributed by atoms with van der Waals surface area (Å²) in [5, 5.41) is 3.59. The first-order chi connectivity index (χ1) is 15.5. The Balaban J connectivity index is 1.45. The van der Waals surface area contributed by atoms with Gasteiger partial charge in [0.25, 0.3) is 5.91 Å². The molecule has 6 heteroatoms. The fourth-order valence-electron chi connectivity index (χ4n) is 3.80. The number of thiophene rings is 1. The summed E-state index contributed by atoms with van der Waals surface area (Å²) < 4.78 is 5.28. The molecule has 2 aromatic carbocycles. The summed E-state index contributed by atoms with van der Waals surface area (Å²) in [4.78, 5) is 27.9. The van der Waals surface area contributed by atoms with Crippen LogP contribution in [-0.4, -0.2) is 18.5 Å². The van der Waals surface area contributed by atoms with E-state index >= 15 is 0 Å². The first-order valence-electron chi connectivity index (χ1n) is 11.0. The second-order valence-corrected chi connectivity index (χ2v) is 10.0. The van der Waals surface area contributed by atoms with Crippen molar-refractivity contribution in [3.63, 3.8) is 0 Å². The second kappa shape index (κ2) is 10.4. The average Bonchev–Trinajstić information content (AvgIpc) is 3.17. The molecule has 0 aliphatic heterocycles. The fraction of sp³-hybridized carbons (Fsp3) is 0.308. The lowest BCUT2D eigenvalue weighted by molar-refractivity contribution is 0.0526. The Hall–Kier alpha value is -2.57. The Kier molecular flexibility index (Phi) is 7.33. The summed E-state index contributed by atoms with van der Waals surface area (Å²) in [5.41, 5.74) is 4.59. The molecule has 0 spiro atoms. The predicted octanol–water partition coefficient (Wildman–Crippen LogP) is 6.66. The molecule has 1 aliphatic carbocycles. The number of amides is 1. The predicted molar refractivity (Wildman–Crippen MR) is 132 cm³/mol. The average molecular weight is 466 g/mol. The molecule has 0 fully saturated rings. The van der Waals surface area contributed by atoms with E-state index in [4.69, 9.17) is 4.74 Å². The van der Waals surface area contributed by atoms with Crippen LogP contribution in [0, 0.1) is 6.92 Å². The Bertz CT molecular complexity index is 1100. The van der Waals surface area contributed by atoms with E-state index in [1.807, 2.05) is 24.3 Å². The van der Waals surface area contributed by atoms with E-state index in [2.05, 4.69) is 36.5 Å². The van der Waals surface area contributed by atoms with E-state index in [0.29, 0.717) is 22.7 Å². The summed E-state index contributed by atoms with van der Waals surface area (Å²) in [6.45, 7) is 4.20. The van der Waals surface area contributed by atoms with Gasteiger partial charge in [0.15, 0.2) is 0 Å². The molecule has 4 rings (SSSR count). The number of rotatable bonds is 7. The quantitative estimate of drug-likeness (QED) is 0.313. The van der Waals surface area contributed by atoms with E-state index in [9.17, 15) is 9.59 Å². The molecule has 3 aromatic rings. The number of anilines is 1. The molecule has 1 aliphatic rings. The molecule has 0 bridgehead atoms. The smallest absolute Gasteiger partial charge is 0.341 e. The highest BCUT2D eigenvalue weighted by Gasteiger charge is 2.27. The van der Waals surface area contributed by atoms with Gasteiger partial charge >= 0.3 is 5.97 Å². The maximum atomic E-state index is 12.9. The van der Waals surface area contributed by atoms with Gasteiger partial charge in [-0.25, -0.2) is 4.79 Å². The minimum Gasteiger partial charge on any atom is -0.462 e. The third kappa shape index (κ3) is 5.25. The largest absolute Gasteiger partial charge is 0.462 e. The van der Waals surface area contributed by atoms with Gasteiger partial charge in [0.05, 0.1) is 12.2 Å². The molecule has 0 unspecified atom stereocenters. The number of carbonyl (C=O) groups excluding carboxylic acids is 2. The molecule has 0 saturated carbocycles. The summed E-state index contributed by atoms with van der Waals surface area (Å²) >= 11 is 3.29. The van der Waals surface area contributed by atoms with Crippen LogP contribution in [0.25, 0.3) is 0 Å². The molecule has 166 valence electrons. The van der Waals surface area contributed by atoms with Crippen LogP contribution in [0.15, 0.2) is 53.4 Å². The first kappa shape index (κ1) is 22.6. The molecular weight excluding hydrogens is 438 g/mol. The van der Waals surface area contributed by atoms with Crippen LogP contribution in [0.2, 0.25) is 0 Å². The number of aryl methyl sites for hydroxylation is 2. The lowest BCUT2D eigenvalue weighted by atomic mass is 9.95. The van der Waals surface area contributed by atoms with Crippen LogP contribution in [0.5, 0.6) is 0 Å². The number of carbonyl (C=O) groups is 2. The van der Waals surface area contributed by atoms with Gasteiger partial charge in [0, 0.05) is 21.1 Å². The van der Waals surface area contributed by atoms with Crippen LogP contribution in [0.1, 0.15) is 62.0 Å².